The molecule has 0 amide bonds. The highest BCUT2D eigenvalue weighted by atomic mass is 32.2. The first-order chi connectivity index (χ1) is 10.1. The number of hydrogen-bond donors (Lipinski definition) is 1. The average Bonchev–Trinajstić information content (AvgIpc) is 3.03. The van der Waals surface area contributed by atoms with Crippen LogP contribution < -0.4 is 4.74 Å². The van der Waals surface area contributed by atoms with E-state index in [4.69, 9.17) is 17.0 Å². The molecule has 1 aromatic carbocycles. The van der Waals surface area contributed by atoms with Crippen LogP contribution in [-0.4, -0.2) is 26.7 Å². The van der Waals surface area contributed by atoms with Crippen molar-refractivity contribution >= 4 is 35.0 Å². The molecule has 114 valence electrons. The molecule has 0 saturated carbocycles. The molecule has 0 spiro atoms. The summed E-state index contributed by atoms with van der Waals surface area (Å²) in [5.41, 5.74) is 2.19. The number of imidazole rings is 1. The number of hydrogen-bond acceptors (Lipinski definition) is 3. The molecule has 0 aliphatic carbocycles. The maximum atomic E-state index is 5.84. The first kappa shape index (κ1) is 15.0. The number of rotatable bonds is 5. The van der Waals surface area contributed by atoms with Gasteiger partial charge in [0.25, 0.3) is 0 Å². The molecule has 0 bridgehead atoms. The number of fused-ring (bicyclic) bond motifs is 1. The lowest BCUT2D eigenvalue weighted by Crippen LogP contribution is -2.23. The molecule has 1 atom stereocenters. The van der Waals surface area contributed by atoms with Gasteiger partial charge in [-0.1, -0.05) is 13.0 Å². The lowest BCUT2D eigenvalue weighted by atomic mass is 10.1. The third-order valence-corrected chi connectivity index (χ3v) is 5.87. The van der Waals surface area contributed by atoms with Crippen LogP contribution in [0.15, 0.2) is 18.2 Å². The van der Waals surface area contributed by atoms with E-state index in [1.807, 2.05) is 6.07 Å². The maximum Gasteiger partial charge on any atom is 0.178 e. The number of para-hydroxylation sites is 1. The lowest BCUT2D eigenvalue weighted by Gasteiger charge is -2.23. The van der Waals surface area contributed by atoms with Gasteiger partial charge in [0, 0.05) is 11.3 Å². The van der Waals surface area contributed by atoms with Crippen molar-refractivity contribution in [3.63, 3.8) is 0 Å². The number of thioether (sulfide) groups is 1. The van der Waals surface area contributed by atoms with Gasteiger partial charge in [-0.3, -0.25) is 0 Å². The Morgan fingerprint density at radius 1 is 1.48 bits per heavy atom. The van der Waals surface area contributed by atoms with Crippen LogP contribution in [-0.2, 0) is 6.54 Å². The zero-order valence-corrected chi connectivity index (χ0v) is 14.3. The van der Waals surface area contributed by atoms with Crippen molar-refractivity contribution in [2.75, 3.05) is 12.4 Å². The molecule has 3 nitrogen and oxygen atoms in total. The number of aromatic nitrogens is 2. The SMILES string of the molecule is CCCOc1cccc2c1[nH]c(=S)n2CC1(C)CCCS1. The fourth-order valence-corrected chi connectivity index (χ4v) is 4.49. The smallest absolute Gasteiger partial charge is 0.178 e. The lowest BCUT2D eigenvalue weighted by molar-refractivity contribution is 0.320. The minimum absolute atomic E-state index is 0.299. The van der Waals surface area contributed by atoms with Gasteiger partial charge in [0.15, 0.2) is 4.77 Å². The Balaban J connectivity index is 1.99. The van der Waals surface area contributed by atoms with E-state index >= 15 is 0 Å². The highest BCUT2D eigenvalue weighted by molar-refractivity contribution is 8.00. The van der Waals surface area contributed by atoms with Crippen LogP contribution in [0.2, 0.25) is 0 Å². The Kier molecular flexibility index (Phi) is 4.31. The monoisotopic (exact) mass is 322 g/mol. The number of aromatic amines is 1. The van der Waals surface area contributed by atoms with Gasteiger partial charge in [-0.25, -0.2) is 0 Å². The van der Waals surface area contributed by atoms with E-state index in [0.29, 0.717) is 4.75 Å². The molecular weight excluding hydrogens is 300 g/mol. The molecular formula is C16H22N2OS2. The van der Waals surface area contributed by atoms with Gasteiger partial charge in [-0.05, 0) is 56.3 Å². The summed E-state index contributed by atoms with van der Waals surface area (Å²) in [4.78, 5) is 3.34. The molecule has 2 heterocycles. The van der Waals surface area contributed by atoms with Crippen LogP contribution in [0.5, 0.6) is 5.75 Å². The Morgan fingerprint density at radius 3 is 3.05 bits per heavy atom. The number of H-pyrrole nitrogens is 1. The molecule has 1 N–H and O–H groups in total. The van der Waals surface area contributed by atoms with Crippen molar-refractivity contribution in [3.8, 4) is 5.75 Å². The van der Waals surface area contributed by atoms with Gasteiger partial charge in [0.1, 0.15) is 11.3 Å². The van der Waals surface area contributed by atoms with E-state index in [9.17, 15) is 0 Å². The summed E-state index contributed by atoms with van der Waals surface area (Å²) in [6.45, 7) is 6.17. The summed E-state index contributed by atoms with van der Waals surface area (Å²) in [6.07, 6.45) is 3.58. The maximum absolute atomic E-state index is 5.84. The molecule has 0 radical (unpaired) electrons. The topological polar surface area (TPSA) is 29.9 Å². The van der Waals surface area contributed by atoms with E-state index in [1.54, 1.807) is 0 Å². The second-order valence-corrected chi connectivity index (χ2v) is 7.99. The third-order valence-electron chi connectivity index (χ3n) is 4.03. The fourth-order valence-electron chi connectivity index (χ4n) is 2.94. The van der Waals surface area contributed by atoms with Crippen molar-refractivity contribution in [1.82, 2.24) is 9.55 Å². The van der Waals surface area contributed by atoms with Crippen LogP contribution in [0.4, 0.5) is 0 Å². The van der Waals surface area contributed by atoms with Crippen LogP contribution in [0, 0.1) is 4.77 Å². The summed E-state index contributed by atoms with van der Waals surface area (Å²) in [6, 6.07) is 6.19. The largest absolute Gasteiger partial charge is 0.491 e. The van der Waals surface area contributed by atoms with Gasteiger partial charge in [-0.2, -0.15) is 11.8 Å². The van der Waals surface area contributed by atoms with Crippen molar-refractivity contribution in [1.29, 1.82) is 0 Å². The Bertz CT molecular complexity index is 683. The molecule has 1 unspecified atom stereocenters. The summed E-state index contributed by atoms with van der Waals surface area (Å²) in [7, 11) is 0. The standard InChI is InChI=1S/C16H22N2OS2/c1-3-9-19-13-7-4-6-12-14(13)17-15(20)18(12)11-16(2)8-5-10-21-16/h4,6-7H,3,5,8-11H2,1-2H3,(H,17,20). The summed E-state index contributed by atoms with van der Waals surface area (Å²) in [5, 5.41) is 0. The van der Waals surface area contributed by atoms with Crippen molar-refractivity contribution in [3.05, 3.63) is 23.0 Å². The predicted octanol–water partition coefficient (Wildman–Crippen LogP) is 4.77. The molecule has 1 aliphatic heterocycles. The average molecular weight is 322 g/mol. The minimum atomic E-state index is 0.299. The Labute approximate surface area is 135 Å². The summed E-state index contributed by atoms with van der Waals surface area (Å²) < 4.78 is 9.17. The van der Waals surface area contributed by atoms with Crippen LogP contribution in [0.25, 0.3) is 11.0 Å². The van der Waals surface area contributed by atoms with Crippen molar-refractivity contribution in [2.45, 2.75) is 44.4 Å². The normalized spacial score (nSPS) is 22.0. The first-order valence-electron chi connectivity index (χ1n) is 7.61. The van der Waals surface area contributed by atoms with Crippen molar-refractivity contribution in [2.24, 2.45) is 0 Å². The zero-order valence-electron chi connectivity index (χ0n) is 12.6. The molecule has 1 fully saturated rings. The van der Waals surface area contributed by atoms with Crippen LogP contribution >= 0.6 is 24.0 Å². The van der Waals surface area contributed by atoms with Crippen LogP contribution in [0.3, 0.4) is 0 Å². The minimum Gasteiger partial charge on any atom is -0.491 e. The highest BCUT2D eigenvalue weighted by Crippen LogP contribution is 2.40. The van der Waals surface area contributed by atoms with Gasteiger partial charge in [-0.15, -0.1) is 0 Å². The molecule has 1 saturated heterocycles. The Morgan fingerprint density at radius 2 is 2.33 bits per heavy atom. The van der Waals surface area contributed by atoms with Crippen molar-refractivity contribution < 1.29 is 4.74 Å². The van der Waals surface area contributed by atoms with Gasteiger partial charge >= 0.3 is 0 Å². The van der Waals surface area contributed by atoms with E-state index in [1.165, 1.54) is 18.6 Å². The summed E-state index contributed by atoms with van der Waals surface area (Å²) in [5.74, 6) is 2.17. The number of benzene rings is 1. The van der Waals surface area contributed by atoms with Gasteiger partial charge < -0.3 is 14.3 Å². The number of nitrogens with one attached hydrogen (secondary N) is 1. The first-order valence-corrected chi connectivity index (χ1v) is 9.01. The van der Waals surface area contributed by atoms with E-state index in [2.05, 4.69) is 47.3 Å². The fraction of sp³-hybridized carbons (Fsp3) is 0.562. The summed E-state index contributed by atoms with van der Waals surface area (Å²) >= 11 is 7.62. The Hall–Kier alpha value is -0.940. The molecule has 3 rings (SSSR count). The molecule has 2 aromatic rings. The number of ether oxygens (including phenoxy) is 1. The molecule has 1 aliphatic rings. The molecule has 1 aromatic heterocycles. The van der Waals surface area contributed by atoms with E-state index in [-0.39, 0.29) is 0 Å². The second-order valence-electron chi connectivity index (χ2n) is 5.92. The second kappa shape index (κ2) is 6.05. The van der Waals surface area contributed by atoms with E-state index < -0.39 is 0 Å². The zero-order chi connectivity index (χ0) is 14.9. The molecule has 5 heteroatoms. The quantitative estimate of drug-likeness (QED) is 0.804. The number of nitrogens with zero attached hydrogens (tertiary/aromatic N) is 1. The predicted molar refractivity (Wildman–Crippen MR) is 93.0 cm³/mol. The molecule has 21 heavy (non-hydrogen) atoms. The van der Waals surface area contributed by atoms with E-state index in [0.717, 1.165) is 41.1 Å². The van der Waals surface area contributed by atoms with Gasteiger partial charge in [0.05, 0.1) is 12.1 Å². The van der Waals surface area contributed by atoms with Crippen LogP contribution in [0.1, 0.15) is 33.1 Å². The van der Waals surface area contributed by atoms with Gasteiger partial charge in [0.2, 0.25) is 0 Å². The highest BCUT2D eigenvalue weighted by Gasteiger charge is 2.30. The third kappa shape index (κ3) is 2.99.